The number of hydrogen-bond acceptors (Lipinski definition) is 6. The van der Waals surface area contributed by atoms with Crippen molar-refractivity contribution < 1.29 is 27.5 Å². The summed E-state index contributed by atoms with van der Waals surface area (Å²) in [6, 6.07) is 9.16. The van der Waals surface area contributed by atoms with Crippen molar-refractivity contribution >= 4 is 27.6 Å². The second-order valence-electron chi connectivity index (χ2n) is 8.61. The standard InChI is InChI=1S/C24H30N2O6S/c1-15-10-16(2)14-26(13-15)33(29,30)22-12-18(8-9-21(22)31-4)23(27)25-20-11-19(24(28)32-5)7-6-17(20)3/h6-9,11-12,15-16H,10,13-14H2,1-5H3,(H,25,27). The highest BCUT2D eigenvalue weighted by atomic mass is 32.2. The molecule has 9 heteroatoms. The third kappa shape index (κ3) is 5.36. The molecular weight excluding hydrogens is 444 g/mol. The maximum absolute atomic E-state index is 13.5. The lowest BCUT2D eigenvalue weighted by molar-refractivity contribution is 0.0600. The summed E-state index contributed by atoms with van der Waals surface area (Å²) in [6.45, 7) is 6.70. The van der Waals surface area contributed by atoms with Crippen molar-refractivity contribution in [2.24, 2.45) is 11.8 Å². The highest BCUT2D eigenvalue weighted by Crippen LogP contribution is 2.32. The van der Waals surface area contributed by atoms with Crippen molar-refractivity contribution in [2.45, 2.75) is 32.1 Å². The molecule has 1 N–H and O–H groups in total. The van der Waals surface area contributed by atoms with Gasteiger partial charge in [0.2, 0.25) is 10.0 Å². The molecule has 2 aromatic carbocycles. The summed E-state index contributed by atoms with van der Waals surface area (Å²) in [5.41, 5.74) is 1.63. The summed E-state index contributed by atoms with van der Waals surface area (Å²) in [7, 11) is -1.18. The van der Waals surface area contributed by atoms with Gasteiger partial charge in [-0.2, -0.15) is 4.31 Å². The van der Waals surface area contributed by atoms with E-state index in [0.717, 1.165) is 12.0 Å². The van der Waals surface area contributed by atoms with E-state index in [9.17, 15) is 18.0 Å². The van der Waals surface area contributed by atoms with Crippen molar-refractivity contribution in [1.29, 1.82) is 0 Å². The van der Waals surface area contributed by atoms with E-state index in [1.165, 1.54) is 42.8 Å². The molecule has 2 atom stereocenters. The summed E-state index contributed by atoms with van der Waals surface area (Å²) < 4.78 is 38.4. The van der Waals surface area contributed by atoms with Crippen LogP contribution in [0, 0.1) is 18.8 Å². The molecule has 8 nitrogen and oxygen atoms in total. The first-order valence-corrected chi connectivity index (χ1v) is 12.2. The number of piperidine rings is 1. The monoisotopic (exact) mass is 474 g/mol. The average molecular weight is 475 g/mol. The van der Waals surface area contributed by atoms with Crippen LogP contribution in [0.4, 0.5) is 5.69 Å². The largest absolute Gasteiger partial charge is 0.495 e. The lowest BCUT2D eigenvalue weighted by Crippen LogP contribution is -2.42. The Balaban J connectivity index is 1.94. The Labute approximate surface area is 194 Å². The van der Waals surface area contributed by atoms with Crippen molar-refractivity contribution in [2.75, 3.05) is 32.6 Å². The third-order valence-corrected chi connectivity index (χ3v) is 7.64. The lowest BCUT2D eigenvalue weighted by atomic mass is 9.94. The number of carbonyl (C=O) groups is 2. The molecule has 1 saturated heterocycles. The van der Waals surface area contributed by atoms with Gasteiger partial charge in [-0.15, -0.1) is 0 Å². The summed E-state index contributed by atoms with van der Waals surface area (Å²) in [6.07, 6.45) is 0.968. The van der Waals surface area contributed by atoms with Gasteiger partial charge in [-0.05, 0) is 61.1 Å². The molecule has 1 aliphatic rings. The normalized spacial score (nSPS) is 19.1. The van der Waals surface area contributed by atoms with Crippen LogP contribution in [0.2, 0.25) is 0 Å². The maximum atomic E-state index is 13.5. The first-order chi connectivity index (χ1) is 15.6. The van der Waals surface area contributed by atoms with Gasteiger partial charge < -0.3 is 14.8 Å². The number of esters is 1. The molecule has 1 amide bonds. The smallest absolute Gasteiger partial charge is 0.337 e. The number of hydrogen-bond donors (Lipinski definition) is 1. The number of benzene rings is 2. The van der Waals surface area contributed by atoms with Crippen LogP contribution < -0.4 is 10.1 Å². The van der Waals surface area contributed by atoms with E-state index in [1.807, 2.05) is 13.8 Å². The van der Waals surface area contributed by atoms with Crippen molar-refractivity contribution in [3.63, 3.8) is 0 Å². The van der Waals surface area contributed by atoms with Crippen LogP contribution in [0.1, 0.15) is 46.5 Å². The quantitative estimate of drug-likeness (QED) is 0.641. The first-order valence-electron chi connectivity index (χ1n) is 10.7. The fourth-order valence-corrected chi connectivity index (χ4v) is 6.02. The molecule has 1 aliphatic heterocycles. The van der Waals surface area contributed by atoms with E-state index in [4.69, 9.17) is 9.47 Å². The number of ether oxygens (including phenoxy) is 2. The number of nitrogens with zero attached hydrogens (tertiary/aromatic N) is 1. The number of amides is 1. The zero-order valence-corrected chi connectivity index (χ0v) is 20.4. The fraction of sp³-hybridized carbons (Fsp3) is 0.417. The number of anilines is 1. The van der Waals surface area contributed by atoms with E-state index in [2.05, 4.69) is 5.32 Å². The Bertz CT molecular complexity index is 1150. The molecule has 0 aliphatic carbocycles. The van der Waals surface area contributed by atoms with Crippen LogP contribution >= 0.6 is 0 Å². The summed E-state index contributed by atoms with van der Waals surface area (Å²) >= 11 is 0. The van der Waals surface area contributed by atoms with Crippen LogP contribution in [0.5, 0.6) is 5.75 Å². The molecule has 0 aromatic heterocycles. The van der Waals surface area contributed by atoms with E-state index in [1.54, 1.807) is 19.1 Å². The second-order valence-corrected chi connectivity index (χ2v) is 10.5. The van der Waals surface area contributed by atoms with Crippen molar-refractivity contribution in [3.05, 3.63) is 53.1 Å². The molecule has 2 aromatic rings. The second kappa shape index (κ2) is 9.93. The topological polar surface area (TPSA) is 102 Å². The predicted molar refractivity (Wildman–Crippen MR) is 125 cm³/mol. The van der Waals surface area contributed by atoms with Crippen LogP contribution in [0.3, 0.4) is 0 Å². The molecule has 1 fully saturated rings. The van der Waals surface area contributed by atoms with Crippen LogP contribution in [-0.2, 0) is 14.8 Å². The molecule has 2 unspecified atom stereocenters. The fourth-order valence-electron chi connectivity index (χ4n) is 4.16. The van der Waals surface area contributed by atoms with Crippen molar-refractivity contribution in [3.8, 4) is 5.75 Å². The molecule has 0 bridgehead atoms. The molecule has 0 spiro atoms. The Morgan fingerprint density at radius 3 is 2.24 bits per heavy atom. The SMILES string of the molecule is COC(=O)c1ccc(C)c(NC(=O)c2ccc(OC)c(S(=O)(=O)N3CC(C)CC(C)C3)c2)c1. The summed E-state index contributed by atoms with van der Waals surface area (Å²) in [5, 5.41) is 2.76. The zero-order chi connectivity index (χ0) is 24.3. The van der Waals surface area contributed by atoms with Crippen LogP contribution in [-0.4, -0.2) is 51.9 Å². The average Bonchev–Trinajstić information content (AvgIpc) is 2.78. The highest BCUT2D eigenvalue weighted by Gasteiger charge is 2.34. The van der Waals surface area contributed by atoms with Crippen LogP contribution in [0.25, 0.3) is 0 Å². The third-order valence-electron chi connectivity index (χ3n) is 5.79. The Morgan fingerprint density at radius 2 is 1.64 bits per heavy atom. The van der Waals surface area contributed by atoms with E-state index in [0.29, 0.717) is 24.3 Å². The molecule has 0 saturated carbocycles. The first kappa shape index (κ1) is 24.7. The predicted octanol–water partition coefficient (Wildman–Crippen LogP) is 3.71. The van der Waals surface area contributed by atoms with Gasteiger partial charge in [0.15, 0.2) is 0 Å². The van der Waals surface area contributed by atoms with Crippen LogP contribution in [0.15, 0.2) is 41.3 Å². The molecule has 1 heterocycles. The number of aryl methyl sites for hydroxylation is 1. The van der Waals surface area contributed by atoms with E-state index >= 15 is 0 Å². The highest BCUT2D eigenvalue weighted by molar-refractivity contribution is 7.89. The molecular formula is C24H30N2O6S. The molecule has 33 heavy (non-hydrogen) atoms. The van der Waals surface area contributed by atoms with Gasteiger partial charge in [-0.3, -0.25) is 4.79 Å². The lowest BCUT2D eigenvalue weighted by Gasteiger charge is -2.34. The number of nitrogens with one attached hydrogen (secondary N) is 1. The van der Waals surface area contributed by atoms with Gasteiger partial charge in [0.1, 0.15) is 10.6 Å². The molecule has 3 rings (SSSR count). The van der Waals surface area contributed by atoms with Gasteiger partial charge in [0.05, 0.1) is 19.8 Å². The number of carbonyl (C=O) groups excluding carboxylic acids is 2. The van der Waals surface area contributed by atoms with Gasteiger partial charge in [-0.1, -0.05) is 19.9 Å². The minimum atomic E-state index is -3.86. The van der Waals surface area contributed by atoms with E-state index < -0.39 is 21.9 Å². The Kier molecular flexibility index (Phi) is 7.44. The van der Waals surface area contributed by atoms with E-state index in [-0.39, 0.29) is 28.0 Å². The zero-order valence-electron chi connectivity index (χ0n) is 19.5. The van der Waals surface area contributed by atoms with Gasteiger partial charge in [0.25, 0.3) is 5.91 Å². The summed E-state index contributed by atoms with van der Waals surface area (Å²) in [5.74, 6) is -0.355. The summed E-state index contributed by atoms with van der Waals surface area (Å²) in [4.78, 5) is 24.8. The number of sulfonamides is 1. The number of methoxy groups -OCH3 is 2. The van der Waals surface area contributed by atoms with Crippen molar-refractivity contribution in [1.82, 2.24) is 4.31 Å². The molecule has 178 valence electrons. The Hall–Kier alpha value is -2.91. The molecule has 0 radical (unpaired) electrons. The van der Waals surface area contributed by atoms with Gasteiger partial charge in [-0.25, -0.2) is 13.2 Å². The number of rotatable bonds is 6. The minimum absolute atomic E-state index is 0.0426. The van der Waals surface area contributed by atoms with Gasteiger partial charge >= 0.3 is 5.97 Å². The maximum Gasteiger partial charge on any atom is 0.337 e. The minimum Gasteiger partial charge on any atom is -0.495 e. The van der Waals surface area contributed by atoms with Gasteiger partial charge in [0, 0.05) is 24.3 Å². The Morgan fingerprint density at radius 1 is 1.00 bits per heavy atom.